The van der Waals surface area contributed by atoms with Crippen LogP contribution in [0.5, 0.6) is 0 Å². The molecule has 1 heterocycles. The number of alkyl carbamates (subject to hydrolysis) is 1. The number of fused-ring (bicyclic) bond motifs is 3. The average Bonchev–Trinajstić information content (AvgIpc) is 3.33. The number of carbonyl (C=O) groups is 2. The number of aromatic carboxylic acids is 1. The van der Waals surface area contributed by atoms with Gasteiger partial charge in [-0.3, -0.25) is 0 Å². The predicted molar refractivity (Wildman–Crippen MR) is 111 cm³/mol. The summed E-state index contributed by atoms with van der Waals surface area (Å²) in [5, 5.41) is 13.6. The van der Waals surface area contributed by atoms with E-state index >= 15 is 0 Å². The van der Waals surface area contributed by atoms with Crippen molar-refractivity contribution >= 4 is 29.5 Å². The maximum atomic E-state index is 12.1. The van der Waals surface area contributed by atoms with Crippen molar-refractivity contribution in [2.75, 3.05) is 13.2 Å². The summed E-state index contributed by atoms with van der Waals surface area (Å²) in [7, 11) is 0. The Morgan fingerprint density at radius 3 is 2.38 bits per heavy atom. The summed E-state index contributed by atoms with van der Waals surface area (Å²) in [6.45, 7) is 0.524. The molecular weight excluding hydrogens is 388 g/mol. The normalized spacial score (nSPS) is 12.6. The van der Waals surface area contributed by atoms with Crippen LogP contribution >= 0.6 is 11.3 Å². The van der Waals surface area contributed by atoms with Gasteiger partial charge >= 0.3 is 12.1 Å². The minimum absolute atomic E-state index is 0.0131. The molecule has 0 saturated heterocycles. The van der Waals surface area contributed by atoms with Crippen molar-refractivity contribution in [2.45, 2.75) is 5.92 Å². The lowest BCUT2D eigenvalue weighted by Crippen LogP contribution is -2.26. The number of hydrogen-bond acceptors (Lipinski definition) is 5. The van der Waals surface area contributed by atoms with Crippen molar-refractivity contribution in [3.05, 3.63) is 81.8 Å². The fraction of sp³-hybridized carbons (Fsp3) is 0.136. The summed E-state index contributed by atoms with van der Waals surface area (Å²) in [5.41, 5.74) is 4.71. The maximum Gasteiger partial charge on any atom is 0.407 e. The second-order valence-corrected chi connectivity index (χ2v) is 7.37. The van der Waals surface area contributed by atoms with E-state index in [1.165, 1.54) is 39.0 Å². The second kappa shape index (κ2) is 8.28. The van der Waals surface area contributed by atoms with Gasteiger partial charge < -0.3 is 15.2 Å². The number of aromatic nitrogens is 1. The van der Waals surface area contributed by atoms with Gasteiger partial charge in [-0.15, -0.1) is 11.3 Å². The van der Waals surface area contributed by atoms with Crippen LogP contribution in [0.25, 0.3) is 17.2 Å². The van der Waals surface area contributed by atoms with Crippen LogP contribution in [-0.2, 0) is 4.74 Å². The van der Waals surface area contributed by atoms with Gasteiger partial charge in [-0.05, 0) is 28.3 Å². The maximum absolute atomic E-state index is 12.1. The van der Waals surface area contributed by atoms with Gasteiger partial charge in [0.25, 0.3) is 0 Å². The zero-order valence-electron chi connectivity index (χ0n) is 15.4. The van der Waals surface area contributed by atoms with Gasteiger partial charge in [-0.1, -0.05) is 54.6 Å². The van der Waals surface area contributed by atoms with E-state index in [0.717, 1.165) is 0 Å². The van der Waals surface area contributed by atoms with Gasteiger partial charge in [0.05, 0.1) is 0 Å². The molecule has 29 heavy (non-hydrogen) atoms. The van der Waals surface area contributed by atoms with E-state index in [1.54, 1.807) is 12.2 Å². The van der Waals surface area contributed by atoms with E-state index in [9.17, 15) is 9.59 Å². The van der Waals surface area contributed by atoms with Gasteiger partial charge in [0, 0.05) is 17.8 Å². The second-order valence-electron chi connectivity index (χ2n) is 6.48. The molecule has 0 bridgehead atoms. The van der Waals surface area contributed by atoms with Crippen molar-refractivity contribution in [3.8, 4) is 11.1 Å². The highest BCUT2D eigenvalue weighted by Gasteiger charge is 2.28. The number of nitrogens with one attached hydrogen (secondary N) is 1. The number of carbonyl (C=O) groups excluding carboxylic acids is 1. The number of ether oxygens (including phenoxy) is 1. The highest BCUT2D eigenvalue weighted by Crippen LogP contribution is 2.44. The fourth-order valence-electron chi connectivity index (χ4n) is 3.41. The third-order valence-electron chi connectivity index (χ3n) is 4.71. The molecule has 4 rings (SSSR count). The van der Waals surface area contributed by atoms with Crippen LogP contribution in [0.4, 0.5) is 4.79 Å². The Kier molecular flexibility index (Phi) is 5.39. The Morgan fingerprint density at radius 2 is 1.76 bits per heavy atom. The number of carboxylic acid groups (broad SMARTS) is 1. The first-order valence-corrected chi connectivity index (χ1v) is 9.95. The summed E-state index contributed by atoms with van der Waals surface area (Å²) >= 11 is 1.23. The average molecular weight is 406 g/mol. The van der Waals surface area contributed by atoms with Crippen LogP contribution < -0.4 is 5.32 Å². The summed E-state index contributed by atoms with van der Waals surface area (Å²) in [5.74, 6) is -1.04. The molecule has 0 unspecified atom stereocenters. The van der Waals surface area contributed by atoms with Crippen molar-refractivity contribution in [3.63, 3.8) is 0 Å². The quantitative estimate of drug-likeness (QED) is 0.634. The lowest BCUT2D eigenvalue weighted by atomic mass is 9.98. The summed E-state index contributed by atoms with van der Waals surface area (Å²) in [6, 6.07) is 16.3. The Labute approximate surface area is 171 Å². The molecule has 1 amide bonds. The topological polar surface area (TPSA) is 88.5 Å². The molecule has 1 aromatic heterocycles. The van der Waals surface area contributed by atoms with Crippen molar-refractivity contribution in [2.24, 2.45) is 0 Å². The van der Waals surface area contributed by atoms with Crippen LogP contribution in [0, 0.1) is 0 Å². The minimum Gasteiger partial charge on any atom is -0.476 e. The van der Waals surface area contributed by atoms with Gasteiger partial charge in [0.1, 0.15) is 11.6 Å². The molecule has 1 aliphatic carbocycles. The Hall–Kier alpha value is -3.45. The molecule has 2 aromatic carbocycles. The molecule has 6 nitrogen and oxygen atoms in total. The molecule has 7 heteroatoms. The molecule has 3 aromatic rings. The largest absolute Gasteiger partial charge is 0.476 e. The molecule has 0 fully saturated rings. The highest BCUT2D eigenvalue weighted by atomic mass is 32.1. The monoisotopic (exact) mass is 406 g/mol. The lowest BCUT2D eigenvalue weighted by Gasteiger charge is -2.14. The standard InChI is InChI=1S/C22H18N2O4S/c25-21(26)19-13-29-20(24-19)10-5-11-23-22(27)28-12-18-16-8-3-1-6-14(16)15-7-2-4-9-17(15)18/h1-10,13,18H,11-12H2,(H,23,27)(H,25,26). The minimum atomic E-state index is -1.06. The molecule has 2 N–H and O–H groups in total. The number of nitrogens with zero attached hydrogens (tertiary/aromatic N) is 1. The molecule has 0 spiro atoms. The molecule has 0 aliphatic heterocycles. The number of carboxylic acids is 1. The van der Waals surface area contributed by atoms with E-state index < -0.39 is 12.1 Å². The summed E-state index contributed by atoms with van der Waals surface area (Å²) in [6.07, 6.45) is 2.87. The summed E-state index contributed by atoms with van der Waals surface area (Å²) < 4.78 is 5.45. The number of rotatable bonds is 6. The Balaban J connectivity index is 1.32. The number of thiazole rings is 1. The first-order chi connectivity index (χ1) is 14.1. The first-order valence-electron chi connectivity index (χ1n) is 9.07. The van der Waals surface area contributed by atoms with E-state index in [0.29, 0.717) is 5.01 Å². The molecule has 1 aliphatic rings. The predicted octanol–water partition coefficient (Wildman–Crippen LogP) is 4.39. The van der Waals surface area contributed by atoms with E-state index in [2.05, 4.69) is 34.6 Å². The highest BCUT2D eigenvalue weighted by molar-refractivity contribution is 7.10. The zero-order chi connectivity index (χ0) is 20.2. The van der Waals surface area contributed by atoms with Gasteiger partial charge in [0.15, 0.2) is 5.69 Å². The van der Waals surface area contributed by atoms with E-state index in [-0.39, 0.29) is 24.8 Å². The van der Waals surface area contributed by atoms with E-state index in [1.807, 2.05) is 24.3 Å². The van der Waals surface area contributed by atoms with Gasteiger partial charge in [-0.25, -0.2) is 14.6 Å². The molecule has 0 saturated carbocycles. The number of hydrogen-bond donors (Lipinski definition) is 2. The van der Waals surface area contributed by atoms with Crippen LogP contribution in [0.15, 0.2) is 60.0 Å². The smallest absolute Gasteiger partial charge is 0.407 e. The van der Waals surface area contributed by atoms with Crippen molar-refractivity contribution < 1.29 is 19.4 Å². The van der Waals surface area contributed by atoms with Crippen LogP contribution in [0.1, 0.15) is 32.5 Å². The summed E-state index contributed by atoms with van der Waals surface area (Å²) in [4.78, 5) is 26.8. The van der Waals surface area contributed by atoms with Crippen LogP contribution in [0.2, 0.25) is 0 Å². The first kappa shape index (κ1) is 18.9. The van der Waals surface area contributed by atoms with Crippen LogP contribution in [0.3, 0.4) is 0 Å². The van der Waals surface area contributed by atoms with Crippen LogP contribution in [-0.4, -0.2) is 35.3 Å². The molecule has 0 radical (unpaired) electrons. The Morgan fingerprint density at radius 1 is 1.10 bits per heavy atom. The van der Waals surface area contributed by atoms with E-state index in [4.69, 9.17) is 9.84 Å². The number of benzene rings is 2. The SMILES string of the molecule is O=C(NCC=Cc1nc(C(=O)O)cs1)OCC1c2ccccc2-c2ccccc21. The van der Waals surface area contributed by atoms with Gasteiger partial charge in [-0.2, -0.15) is 0 Å². The van der Waals surface area contributed by atoms with Crippen molar-refractivity contribution in [1.82, 2.24) is 10.3 Å². The lowest BCUT2D eigenvalue weighted by molar-refractivity contribution is 0.0691. The molecular formula is C22H18N2O4S. The van der Waals surface area contributed by atoms with Gasteiger partial charge in [0.2, 0.25) is 0 Å². The molecule has 0 atom stereocenters. The molecule has 146 valence electrons. The third-order valence-corrected chi connectivity index (χ3v) is 5.52. The van der Waals surface area contributed by atoms with Crippen molar-refractivity contribution in [1.29, 1.82) is 0 Å². The third kappa shape index (κ3) is 4.05. The number of amides is 1. The Bertz CT molecular complexity index is 1040. The fourth-order valence-corrected chi connectivity index (χ4v) is 4.13. The zero-order valence-corrected chi connectivity index (χ0v) is 16.2.